The first-order chi connectivity index (χ1) is 7.89. The highest BCUT2D eigenvalue weighted by atomic mass is 16.6. The molecule has 1 rings (SSSR count). The summed E-state index contributed by atoms with van der Waals surface area (Å²) in [5, 5.41) is 0. The summed E-state index contributed by atoms with van der Waals surface area (Å²) >= 11 is 0. The van der Waals surface area contributed by atoms with E-state index in [2.05, 4.69) is 12.8 Å². The van der Waals surface area contributed by atoms with Gasteiger partial charge in [0.05, 0.1) is 0 Å². The summed E-state index contributed by atoms with van der Waals surface area (Å²) in [6.45, 7) is 8.56. The third-order valence-corrected chi connectivity index (χ3v) is 3.16. The maximum absolute atomic E-state index is 12.0. The minimum absolute atomic E-state index is 0.153. The summed E-state index contributed by atoms with van der Waals surface area (Å²) in [6, 6.07) is 0.153. The molecule has 1 fully saturated rings. The molecule has 3 nitrogen and oxygen atoms in total. The largest absolute Gasteiger partial charge is 0.444 e. The Morgan fingerprint density at radius 2 is 2.18 bits per heavy atom. The predicted octanol–water partition coefficient (Wildman–Crippen LogP) is 3.05. The third kappa shape index (κ3) is 3.66. The monoisotopic (exact) mass is 237 g/mol. The molecule has 1 aliphatic rings. The summed E-state index contributed by atoms with van der Waals surface area (Å²) in [7, 11) is 0. The van der Waals surface area contributed by atoms with E-state index >= 15 is 0 Å². The lowest BCUT2D eigenvalue weighted by Gasteiger charge is -2.29. The van der Waals surface area contributed by atoms with Crippen LogP contribution in [-0.4, -0.2) is 29.2 Å². The standard InChI is InChI=1S/C14H23NO2/c1-6-8-12-11(7-2)9-10-15(12)13(16)17-14(3,4)5/h1,11-12H,7-10H2,2-5H3/t11-,12+/m1/s1. The van der Waals surface area contributed by atoms with Crippen LogP contribution in [0.3, 0.4) is 0 Å². The second-order valence-corrected chi connectivity index (χ2v) is 5.61. The molecular formula is C14H23NO2. The Morgan fingerprint density at radius 1 is 1.53 bits per heavy atom. The molecule has 0 radical (unpaired) electrons. The molecule has 0 aromatic rings. The van der Waals surface area contributed by atoms with Crippen LogP contribution in [0.4, 0.5) is 4.79 Å². The van der Waals surface area contributed by atoms with Crippen molar-refractivity contribution in [3.05, 3.63) is 0 Å². The topological polar surface area (TPSA) is 29.5 Å². The zero-order valence-electron chi connectivity index (χ0n) is 11.3. The normalized spacial score (nSPS) is 24.5. The van der Waals surface area contributed by atoms with Crippen LogP contribution in [0.2, 0.25) is 0 Å². The summed E-state index contributed by atoms with van der Waals surface area (Å²) in [4.78, 5) is 13.8. The van der Waals surface area contributed by atoms with Gasteiger partial charge in [0, 0.05) is 19.0 Å². The number of carbonyl (C=O) groups is 1. The van der Waals surface area contributed by atoms with Crippen LogP contribution in [0.25, 0.3) is 0 Å². The maximum Gasteiger partial charge on any atom is 0.410 e. The zero-order chi connectivity index (χ0) is 13.1. The Kier molecular flexibility index (Phi) is 4.45. The van der Waals surface area contributed by atoms with Crippen molar-refractivity contribution in [1.29, 1.82) is 0 Å². The van der Waals surface area contributed by atoms with Crippen LogP contribution in [0.15, 0.2) is 0 Å². The number of amides is 1. The van der Waals surface area contributed by atoms with Crippen molar-refractivity contribution in [3.8, 4) is 12.3 Å². The van der Waals surface area contributed by atoms with Gasteiger partial charge in [-0.15, -0.1) is 12.3 Å². The van der Waals surface area contributed by atoms with E-state index in [1.807, 2.05) is 20.8 Å². The van der Waals surface area contributed by atoms with Crippen molar-refractivity contribution in [2.45, 2.75) is 58.6 Å². The number of likely N-dealkylation sites (tertiary alicyclic amines) is 1. The lowest BCUT2D eigenvalue weighted by Crippen LogP contribution is -2.41. The van der Waals surface area contributed by atoms with E-state index in [4.69, 9.17) is 11.2 Å². The molecule has 0 saturated carbocycles. The van der Waals surface area contributed by atoms with Crippen molar-refractivity contribution in [2.75, 3.05) is 6.54 Å². The molecule has 1 aliphatic heterocycles. The van der Waals surface area contributed by atoms with E-state index in [0.717, 1.165) is 19.4 Å². The highest BCUT2D eigenvalue weighted by molar-refractivity contribution is 5.69. The fourth-order valence-corrected chi connectivity index (χ4v) is 2.34. The summed E-state index contributed by atoms with van der Waals surface area (Å²) in [6.07, 6.45) is 7.87. The number of hydrogen-bond acceptors (Lipinski definition) is 2. The number of nitrogens with zero attached hydrogens (tertiary/aromatic N) is 1. The maximum atomic E-state index is 12.0. The molecule has 17 heavy (non-hydrogen) atoms. The first-order valence-electron chi connectivity index (χ1n) is 6.32. The van der Waals surface area contributed by atoms with Gasteiger partial charge in [-0.2, -0.15) is 0 Å². The fraction of sp³-hybridized carbons (Fsp3) is 0.786. The Morgan fingerprint density at radius 3 is 2.65 bits per heavy atom. The van der Waals surface area contributed by atoms with E-state index in [1.165, 1.54) is 0 Å². The van der Waals surface area contributed by atoms with E-state index in [0.29, 0.717) is 12.3 Å². The van der Waals surface area contributed by atoms with Gasteiger partial charge < -0.3 is 9.64 Å². The minimum atomic E-state index is -0.442. The van der Waals surface area contributed by atoms with Gasteiger partial charge in [0.15, 0.2) is 0 Å². The number of ether oxygens (including phenoxy) is 1. The molecule has 0 bridgehead atoms. The van der Waals surface area contributed by atoms with Crippen LogP contribution in [0, 0.1) is 18.3 Å². The van der Waals surface area contributed by atoms with Crippen LogP contribution >= 0.6 is 0 Å². The van der Waals surface area contributed by atoms with E-state index < -0.39 is 5.60 Å². The van der Waals surface area contributed by atoms with E-state index in [1.54, 1.807) is 4.90 Å². The number of terminal acetylenes is 1. The molecule has 3 heteroatoms. The molecule has 1 saturated heterocycles. The lowest BCUT2D eigenvalue weighted by molar-refractivity contribution is 0.0211. The summed E-state index contributed by atoms with van der Waals surface area (Å²) in [5.74, 6) is 3.18. The lowest BCUT2D eigenvalue weighted by atomic mass is 9.95. The van der Waals surface area contributed by atoms with Crippen molar-refractivity contribution in [1.82, 2.24) is 4.90 Å². The van der Waals surface area contributed by atoms with Crippen LogP contribution < -0.4 is 0 Å². The van der Waals surface area contributed by atoms with Crippen molar-refractivity contribution >= 4 is 6.09 Å². The molecule has 0 aromatic heterocycles. The van der Waals surface area contributed by atoms with Gasteiger partial charge in [0.25, 0.3) is 0 Å². The SMILES string of the molecule is C#CC[C@H]1[C@H](CC)CCN1C(=O)OC(C)(C)C. The molecule has 1 amide bonds. The van der Waals surface area contributed by atoms with Gasteiger partial charge in [-0.05, 0) is 33.1 Å². The molecule has 1 heterocycles. The molecule has 0 unspecified atom stereocenters. The quantitative estimate of drug-likeness (QED) is 0.691. The zero-order valence-corrected chi connectivity index (χ0v) is 11.3. The Hall–Kier alpha value is -1.17. The van der Waals surface area contributed by atoms with Gasteiger partial charge in [0.2, 0.25) is 0 Å². The predicted molar refractivity (Wildman–Crippen MR) is 68.6 cm³/mol. The van der Waals surface area contributed by atoms with Crippen molar-refractivity contribution in [2.24, 2.45) is 5.92 Å². The molecule has 0 N–H and O–H groups in total. The number of hydrogen-bond donors (Lipinski definition) is 0. The Balaban J connectivity index is 2.70. The molecule has 0 aromatic carbocycles. The van der Waals surface area contributed by atoms with Crippen LogP contribution in [-0.2, 0) is 4.74 Å². The Bertz CT molecular complexity index is 311. The average Bonchev–Trinajstić information content (AvgIpc) is 2.59. The first-order valence-corrected chi connectivity index (χ1v) is 6.32. The average molecular weight is 237 g/mol. The van der Waals surface area contributed by atoms with Gasteiger partial charge >= 0.3 is 6.09 Å². The highest BCUT2D eigenvalue weighted by Gasteiger charge is 2.37. The third-order valence-electron chi connectivity index (χ3n) is 3.16. The summed E-state index contributed by atoms with van der Waals surface area (Å²) < 4.78 is 5.41. The van der Waals surface area contributed by atoms with Crippen molar-refractivity contribution in [3.63, 3.8) is 0 Å². The van der Waals surface area contributed by atoms with Gasteiger partial charge in [-0.1, -0.05) is 13.3 Å². The second-order valence-electron chi connectivity index (χ2n) is 5.61. The van der Waals surface area contributed by atoms with Gasteiger partial charge in [-0.25, -0.2) is 4.79 Å². The highest BCUT2D eigenvalue weighted by Crippen LogP contribution is 2.30. The number of carbonyl (C=O) groups excluding carboxylic acids is 1. The fourth-order valence-electron chi connectivity index (χ4n) is 2.34. The smallest absolute Gasteiger partial charge is 0.410 e. The molecular weight excluding hydrogens is 214 g/mol. The molecule has 0 aliphatic carbocycles. The number of rotatable bonds is 2. The molecule has 2 atom stereocenters. The van der Waals surface area contributed by atoms with Gasteiger partial charge in [-0.3, -0.25) is 0 Å². The first kappa shape index (κ1) is 13.9. The van der Waals surface area contributed by atoms with E-state index in [9.17, 15) is 4.79 Å². The van der Waals surface area contributed by atoms with Crippen LogP contribution in [0.1, 0.15) is 47.0 Å². The second kappa shape index (κ2) is 5.44. The summed E-state index contributed by atoms with van der Waals surface area (Å²) in [5.41, 5.74) is -0.442. The Labute approximate surface area is 105 Å². The molecule has 0 spiro atoms. The van der Waals surface area contributed by atoms with E-state index in [-0.39, 0.29) is 12.1 Å². The van der Waals surface area contributed by atoms with Crippen LogP contribution in [0.5, 0.6) is 0 Å². The molecule has 96 valence electrons. The van der Waals surface area contributed by atoms with Gasteiger partial charge in [0.1, 0.15) is 5.60 Å². The minimum Gasteiger partial charge on any atom is -0.444 e. The van der Waals surface area contributed by atoms with Crippen molar-refractivity contribution < 1.29 is 9.53 Å².